The highest BCUT2D eigenvalue weighted by molar-refractivity contribution is 6.02. The Kier molecular flexibility index (Phi) is 4.74. The summed E-state index contributed by atoms with van der Waals surface area (Å²) in [6.07, 6.45) is 2.09. The maximum atomic E-state index is 12.9. The van der Waals surface area contributed by atoms with Crippen LogP contribution in [0.25, 0.3) is 0 Å². The molecule has 1 saturated carbocycles. The predicted molar refractivity (Wildman–Crippen MR) is 94.9 cm³/mol. The van der Waals surface area contributed by atoms with Crippen LogP contribution in [0.5, 0.6) is 5.75 Å². The number of aryl methyl sites for hydroxylation is 1. The summed E-state index contributed by atoms with van der Waals surface area (Å²) in [6, 6.07) is 15.0. The number of aliphatic carboxylic acids is 1. The van der Waals surface area contributed by atoms with E-state index in [1.807, 2.05) is 48.5 Å². The number of nitrogens with one attached hydrogen (secondary N) is 1. The van der Waals surface area contributed by atoms with Crippen LogP contribution in [0.1, 0.15) is 30.4 Å². The number of carboxylic acid groups (broad SMARTS) is 1. The molecule has 0 radical (unpaired) electrons. The van der Waals surface area contributed by atoms with E-state index < -0.39 is 11.4 Å². The van der Waals surface area contributed by atoms with Gasteiger partial charge in [-0.3, -0.25) is 9.59 Å². The molecule has 2 aromatic rings. The van der Waals surface area contributed by atoms with E-state index in [4.69, 9.17) is 9.84 Å². The number of hydrogen-bond acceptors (Lipinski definition) is 3. The van der Waals surface area contributed by atoms with Crippen LogP contribution in [0.2, 0.25) is 0 Å². The second kappa shape index (κ2) is 6.97. The fourth-order valence-corrected chi connectivity index (χ4v) is 3.09. The second-order valence-corrected chi connectivity index (χ2v) is 6.33. The standard InChI is InChI=1S/C20H21NO4/c1-25-17-8-3-2-7-16(17)20(11-12-20)19(24)21-15-6-4-5-14(13-15)9-10-18(22)23/h2-8,13H,9-12H2,1H3,(H,21,24)(H,22,23). The largest absolute Gasteiger partial charge is 0.496 e. The van der Waals surface area contributed by atoms with Gasteiger partial charge in [-0.1, -0.05) is 30.3 Å². The molecule has 5 nitrogen and oxygen atoms in total. The Morgan fingerprint density at radius 3 is 2.60 bits per heavy atom. The van der Waals surface area contributed by atoms with Crippen LogP contribution >= 0.6 is 0 Å². The molecule has 0 unspecified atom stereocenters. The molecule has 1 fully saturated rings. The molecule has 0 aromatic heterocycles. The van der Waals surface area contributed by atoms with Crippen LogP contribution in [0, 0.1) is 0 Å². The van der Waals surface area contributed by atoms with Gasteiger partial charge in [0.05, 0.1) is 12.5 Å². The zero-order valence-electron chi connectivity index (χ0n) is 14.1. The van der Waals surface area contributed by atoms with Crippen LogP contribution in [0.4, 0.5) is 5.69 Å². The Morgan fingerprint density at radius 2 is 1.92 bits per heavy atom. The number of benzene rings is 2. The van der Waals surface area contributed by atoms with Crippen LogP contribution in [-0.2, 0) is 21.4 Å². The Bertz CT molecular complexity index is 796. The molecular formula is C20H21NO4. The first kappa shape index (κ1) is 17.0. The number of amides is 1. The van der Waals surface area contributed by atoms with Crippen molar-refractivity contribution in [2.45, 2.75) is 31.1 Å². The van der Waals surface area contributed by atoms with Crippen molar-refractivity contribution < 1.29 is 19.4 Å². The molecule has 25 heavy (non-hydrogen) atoms. The average Bonchev–Trinajstić information content (AvgIpc) is 3.42. The molecule has 2 N–H and O–H groups in total. The van der Waals surface area contributed by atoms with Crippen molar-refractivity contribution in [2.75, 3.05) is 12.4 Å². The van der Waals surface area contributed by atoms with E-state index in [1.165, 1.54) is 0 Å². The number of carbonyl (C=O) groups is 2. The summed E-state index contributed by atoms with van der Waals surface area (Å²) in [6.45, 7) is 0. The van der Waals surface area contributed by atoms with Crippen molar-refractivity contribution in [3.63, 3.8) is 0 Å². The van der Waals surface area contributed by atoms with Crippen molar-refractivity contribution in [2.24, 2.45) is 0 Å². The highest BCUT2D eigenvalue weighted by Crippen LogP contribution is 2.51. The van der Waals surface area contributed by atoms with E-state index in [2.05, 4.69) is 5.32 Å². The molecule has 1 aliphatic carbocycles. The summed E-state index contributed by atoms with van der Waals surface area (Å²) < 4.78 is 5.41. The third-order valence-corrected chi connectivity index (χ3v) is 4.62. The number of anilines is 1. The summed E-state index contributed by atoms with van der Waals surface area (Å²) in [7, 11) is 1.61. The monoisotopic (exact) mass is 339 g/mol. The number of para-hydroxylation sites is 1. The molecule has 1 aliphatic rings. The zero-order valence-corrected chi connectivity index (χ0v) is 14.1. The third-order valence-electron chi connectivity index (χ3n) is 4.62. The van der Waals surface area contributed by atoms with Crippen molar-refractivity contribution >= 4 is 17.6 Å². The van der Waals surface area contributed by atoms with E-state index in [9.17, 15) is 9.59 Å². The molecule has 0 aliphatic heterocycles. The van der Waals surface area contributed by atoms with Gasteiger partial charge in [-0.2, -0.15) is 0 Å². The lowest BCUT2D eigenvalue weighted by atomic mass is 9.93. The van der Waals surface area contributed by atoms with Gasteiger partial charge >= 0.3 is 5.97 Å². The molecule has 0 bridgehead atoms. The lowest BCUT2D eigenvalue weighted by Gasteiger charge is -2.18. The van der Waals surface area contributed by atoms with Crippen molar-refractivity contribution in [3.8, 4) is 5.75 Å². The second-order valence-electron chi connectivity index (χ2n) is 6.33. The van der Waals surface area contributed by atoms with Gasteiger partial charge in [0.1, 0.15) is 5.75 Å². The number of rotatable bonds is 7. The maximum absolute atomic E-state index is 12.9. The van der Waals surface area contributed by atoms with E-state index in [0.29, 0.717) is 12.1 Å². The maximum Gasteiger partial charge on any atom is 0.303 e. The predicted octanol–water partition coefficient (Wildman–Crippen LogP) is 3.38. The minimum atomic E-state index is -0.831. The highest BCUT2D eigenvalue weighted by Gasteiger charge is 2.52. The average molecular weight is 339 g/mol. The van der Waals surface area contributed by atoms with Gasteiger partial charge in [0.15, 0.2) is 0 Å². The first-order valence-corrected chi connectivity index (χ1v) is 8.31. The molecular weight excluding hydrogens is 318 g/mol. The number of hydrogen-bond donors (Lipinski definition) is 2. The smallest absolute Gasteiger partial charge is 0.303 e. The van der Waals surface area contributed by atoms with Gasteiger partial charge < -0.3 is 15.2 Å². The molecule has 0 spiro atoms. The molecule has 5 heteroatoms. The molecule has 1 amide bonds. The molecule has 130 valence electrons. The zero-order chi connectivity index (χ0) is 17.9. The normalized spacial score (nSPS) is 14.6. The molecule has 0 atom stereocenters. The molecule has 2 aromatic carbocycles. The van der Waals surface area contributed by atoms with Gasteiger partial charge in [0.2, 0.25) is 5.91 Å². The lowest BCUT2D eigenvalue weighted by Crippen LogP contribution is -2.28. The van der Waals surface area contributed by atoms with Gasteiger partial charge in [-0.15, -0.1) is 0 Å². The van der Waals surface area contributed by atoms with E-state index >= 15 is 0 Å². The van der Waals surface area contributed by atoms with Crippen LogP contribution in [0.3, 0.4) is 0 Å². The summed E-state index contributed by atoms with van der Waals surface area (Å²) >= 11 is 0. The van der Waals surface area contributed by atoms with Crippen LogP contribution in [-0.4, -0.2) is 24.1 Å². The van der Waals surface area contributed by atoms with Crippen LogP contribution < -0.4 is 10.1 Å². The Labute approximate surface area is 146 Å². The molecule has 3 rings (SSSR count). The summed E-state index contributed by atoms with van der Waals surface area (Å²) in [5.41, 5.74) is 1.96. The first-order chi connectivity index (χ1) is 12.0. The van der Waals surface area contributed by atoms with E-state index in [0.717, 1.165) is 29.7 Å². The van der Waals surface area contributed by atoms with Crippen molar-refractivity contribution in [3.05, 3.63) is 59.7 Å². The van der Waals surface area contributed by atoms with Crippen molar-refractivity contribution in [1.82, 2.24) is 0 Å². The topological polar surface area (TPSA) is 75.6 Å². The Morgan fingerprint density at radius 1 is 1.16 bits per heavy atom. The third kappa shape index (κ3) is 3.65. The van der Waals surface area contributed by atoms with E-state index in [-0.39, 0.29) is 12.3 Å². The fraction of sp³-hybridized carbons (Fsp3) is 0.300. The number of carbonyl (C=O) groups excluding carboxylic acids is 1. The summed E-state index contributed by atoms with van der Waals surface area (Å²) in [5.74, 6) is -0.153. The summed E-state index contributed by atoms with van der Waals surface area (Å²) in [5, 5.41) is 11.8. The summed E-state index contributed by atoms with van der Waals surface area (Å²) in [4.78, 5) is 23.6. The molecule has 0 heterocycles. The van der Waals surface area contributed by atoms with Crippen molar-refractivity contribution in [1.29, 1.82) is 0 Å². The Balaban J connectivity index is 1.76. The van der Waals surface area contributed by atoms with Crippen LogP contribution in [0.15, 0.2) is 48.5 Å². The van der Waals surface area contributed by atoms with Gasteiger partial charge in [0, 0.05) is 17.7 Å². The minimum Gasteiger partial charge on any atom is -0.496 e. The molecule has 0 saturated heterocycles. The van der Waals surface area contributed by atoms with E-state index in [1.54, 1.807) is 7.11 Å². The lowest BCUT2D eigenvalue weighted by molar-refractivity contribution is -0.137. The number of ether oxygens (including phenoxy) is 1. The van der Waals surface area contributed by atoms with Gasteiger partial charge in [-0.25, -0.2) is 0 Å². The SMILES string of the molecule is COc1ccccc1C1(C(=O)Nc2cccc(CCC(=O)O)c2)CC1. The fourth-order valence-electron chi connectivity index (χ4n) is 3.09. The minimum absolute atomic E-state index is 0.0487. The van der Waals surface area contributed by atoms with Gasteiger partial charge in [0.25, 0.3) is 0 Å². The number of carboxylic acids is 1. The Hall–Kier alpha value is -2.82. The highest BCUT2D eigenvalue weighted by atomic mass is 16.5. The number of methoxy groups -OCH3 is 1. The quantitative estimate of drug-likeness (QED) is 0.811. The van der Waals surface area contributed by atoms with Gasteiger partial charge in [-0.05, 0) is 43.0 Å². The first-order valence-electron chi connectivity index (χ1n) is 8.31.